The summed E-state index contributed by atoms with van der Waals surface area (Å²) in [5.74, 6) is 1.41. The Kier molecular flexibility index (Phi) is 6.34. The molecule has 1 unspecified atom stereocenters. The van der Waals surface area contributed by atoms with Crippen LogP contribution in [0, 0.1) is 18.8 Å². The molecule has 0 bridgehead atoms. The number of nitrogens with zero attached hydrogens (tertiary/aromatic N) is 3. The molecule has 2 aromatic rings. The molecule has 0 saturated heterocycles. The molecule has 0 saturated carbocycles. The largest absolute Gasteiger partial charge is 0.427 e. The van der Waals surface area contributed by atoms with Crippen LogP contribution in [0.2, 0.25) is 0 Å². The van der Waals surface area contributed by atoms with E-state index in [4.69, 9.17) is 4.42 Å². The summed E-state index contributed by atoms with van der Waals surface area (Å²) in [7, 11) is 1.77. The van der Waals surface area contributed by atoms with E-state index in [1.165, 1.54) is 6.33 Å². The quantitative estimate of drug-likeness (QED) is 0.820. The molecule has 7 nitrogen and oxygen atoms in total. The molecule has 0 spiro atoms. The van der Waals surface area contributed by atoms with E-state index in [-0.39, 0.29) is 17.5 Å². The molecule has 142 valence electrons. The fraction of sp³-hybridized carbons (Fsp3) is 0.579. The van der Waals surface area contributed by atoms with E-state index in [2.05, 4.69) is 29.2 Å². The summed E-state index contributed by atoms with van der Waals surface area (Å²) in [6.07, 6.45) is 3.05. The molecular weight excluding hydrogens is 332 g/mol. The van der Waals surface area contributed by atoms with E-state index in [0.29, 0.717) is 29.5 Å². The smallest absolute Gasteiger partial charge is 0.349 e. The fourth-order valence-electron chi connectivity index (χ4n) is 2.83. The number of rotatable bonds is 7. The monoisotopic (exact) mass is 360 g/mol. The van der Waals surface area contributed by atoms with Gasteiger partial charge in [0.05, 0.1) is 6.04 Å². The molecule has 1 amide bonds. The van der Waals surface area contributed by atoms with Crippen LogP contribution in [0.15, 0.2) is 21.6 Å². The molecule has 0 aliphatic heterocycles. The lowest BCUT2D eigenvalue weighted by Crippen LogP contribution is -2.36. The first-order valence-corrected chi connectivity index (χ1v) is 8.99. The molecule has 26 heavy (non-hydrogen) atoms. The van der Waals surface area contributed by atoms with Crippen LogP contribution in [0.4, 0.5) is 0 Å². The average molecular weight is 360 g/mol. The van der Waals surface area contributed by atoms with Gasteiger partial charge in [-0.15, -0.1) is 0 Å². The summed E-state index contributed by atoms with van der Waals surface area (Å²) in [5, 5.41) is 6.96. The van der Waals surface area contributed by atoms with E-state index in [1.807, 2.05) is 13.8 Å². The Morgan fingerprint density at radius 2 is 2.00 bits per heavy atom. The van der Waals surface area contributed by atoms with Crippen LogP contribution in [0.3, 0.4) is 0 Å². The number of amides is 1. The fourth-order valence-corrected chi connectivity index (χ4v) is 2.83. The van der Waals surface area contributed by atoms with Crippen LogP contribution < -0.4 is 10.9 Å². The molecule has 1 atom stereocenters. The number of aryl methyl sites for hydroxylation is 3. The van der Waals surface area contributed by atoms with E-state index in [1.54, 1.807) is 24.7 Å². The Morgan fingerprint density at radius 1 is 1.31 bits per heavy atom. The number of hydrogen-bond acceptors (Lipinski definition) is 5. The number of carbonyl (C=O) groups is 1. The van der Waals surface area contributed by atoms with Gasteiger partial charge >= 0.3 is 5.63 Å². The van der Waals surface area contributed by atoms with Gasteiger partial charge in [-0.3, -0.25) is 9.48 Å². The van der Waals surface area contributed by atoms with Gasteiger partial charge in [-0.25, -0.2) is 9.78 Å². The highest BCUT2D eigenvalue weighted by Crippen LogP contribution is 2.20. The summed E-state index contributed by atoms with van der Waals surface area (Å²) in [5.41, 5.74) is 0.0748. The van der Waals surface area contributed by atoms with Gasteiger partial charge in [0.25, 0.3) is 5.91 Å². The topological polar surface area (TPSA) is 90.0 Å². The van der Waals surface area contributed by atoms with Crippen molar-refractivity contribution < 1.29 is 9.21 Å². The third-order valence-corrected chi connectivity index (χ3v) is 4.37. The van der Waals surface area contributed by atoms with Gasteiger partial charge in [0, 0.05) is 13.5 Å². The van der Waals surface area contributed by atoms with Crippen LogP contribution in [0.5, 0.6) is 0 Å². The predicted octanol–water partition coefficient (Wildman–Crippen LogP) is 2.79. The minimum Gasteiger partial charge on any atom is -0.427 e. The minimum atomic E-state index is -0.596. The molecule has 0 fully saturated rings. The Labute approximate surface area is 153 Å². The second-order valence-corrected chi connectivity index (χ2v) is 7.43. The summed E-state index contributed by atoms with van der Waals surface area (Å²) in [6, 6.07) is 1.43. The van der Waals surface area contributed by atoms with Gasteiger partial charge in [-0.2, -0.15) is 5.10 Å². The van der Waals surface area contributed by atoms with Crippen molar-refractivity contribution in [3.8, 4) is 0 Å². The normalized spacial score (nSPS) is 12.6. The van der Waals surface area contributed by atoms with E-state index in [0.717, 1.165) is 6.42 Å². The molecule has 0 aliphatic carbocycles. The number of nitrogens with one attached hydrogen (secondary N) is 1. The zero-order valence-electron chi connectivity index (χ0n) is 16.4. The van der Waals surface area contributed by atoms with Crippen LogP contribution in [-0.2, 0) is 13.5 Å². The maximum Gasteiger partial charge on any atom is 0.349 e. The highest BCUT2D eigenvalue weighted by molar-refractivity contribution is 5.95. The zero-order valence-corrected chi connectivity index (χ0v) is 16.4. The number of aromatic nitrogens is 3. The summed E-state index contributed by atoms with van der Waals surface area (Å²) < 4.78 is 6.99. The number of carbonyl (C=O) groups excluding carboxylic acids is 1. The first-order valence-electron chi connectivity index (χ1n) is 8.99. The zero-order chi connectivity index (χ0) is 19.4. The van der Waals surface area contributed by atoms with Gasteiger partial charge in [0.2, 0.25) is 0 Å². The predicted molar refractivity (Wildman–Crippen MR) is 98.9 cm³/mol. The van der Waals surface area contributed by atoms with Gasteiger partial charge in [0.15, 0.2) is 0 Å². The molecule has 7 heteroatoms. The molecular formula is C19H28N4O3. The van der Waals surface area contributed by atoms with Crippen LogP contribution >= 0.6 is 0 Å². The molecule has 2 aromatic heterocycles. The lowest BCUT2D eigenvalue weighted by atomic mass is 10.0. The highest BCUT2D eigenvalue weighted by Gasteiger charge is 2.26. The Bertz CT molecular complexity index is 820. The third-order valence-electron chi connectivity index (χ3n) is 4.37. The number of hydrogen-bond donors (Lipinski definition) is 1. The molecule has 0 aliphatic rings. The van der Waals surface area contributed by atoms with E-state index < -0.39 is 11.5 Å². The van der Waals surface area contributed by atoms with Crippen LogP contribution in [0.25, 0.3) is 0 Å². The van der Waals surface area contributed by atoms with Crippen molar-refractivity contribution in [1.29, 1.82) is 0 Å². The van der Waals surface area contributed by atoms with E-state index >= 15 is 0 Å². The van der Waals surface area contributed by atoms with Crippen molar-refractivity contribution in [3.63, 3.8) is 0 Å². The van der Waals surface area contributed by atoms with Crippen molar-refractivity contribution in [1.82, 2.24) is 20.1 Å². The van der Waals surface area contributed by atoms with Gasteiger partial charge in [0.1, 0.15) is 23.5 Å². The van der Waals surface area contributed by atoms with Crippen molar-refractivity contribution in [2.75, 3.05) is 0 Å². The van der Waals surface area contributed by atoms with Crippen molar-refractivity contribution in [2.45, 2.75) is 53.5 Å². The highest BCUT2D eigenvalue weighted by atomic mass is 16.4. The molecule has 0 radical (unpaired) electrons. The second-order valence-electron chi connectivity index (χ2n) is 7.43. The molecule has 0 aromatic carbocycles. The van der Waals surface area contributed by atoms with Gasteiger partial charge in [-0.05, 0) is 36.8 Å². The summed E-state index contributed by atoms with van der Waals surface area (Å²) >= 11 is 0. The second kappa shape index (κ2) is 8.29. The first kappa shape index (κ1) is 19.9. The first-order chi connectivity index (χ1) is 12.2. The van der Waals surface area contributed by atoms with Gasteiger partial charge < -0.3 is 9.73 Å². The van der Waals surface area contributed by atoms with Gasteiger partial charge in [-0.1, -0.05) is 27.7 Å². The Morgan fingerprint density at radius 3 is 2.50 bits per heavy atom. The van der Waals surface area contributed by atoms with Crippen molar-refractivity contribution >= 4 is 5.91 Å². The average Bonchev–Trinajstić information content (AvgIpc) is 2.95. The van der Waals surface area contributed by atoms with Crippen LogP contribution in [0.1, 0.15) is 67.7 Å². The third kappa shape index (κ3) is 4.59. The molecule has 2 rings (SSSR count). The minimum absolute atomic E-state index is 0.0473. The lowest BCUT2D eigenvalue weighted by Gasteiger charge is -2.21. The van der Waals surface area contributed by atoms with E-state index in [9.17, 15) is 9.59 Å². The standard InChI is InChI=1S/C19H28N4O3/c1-11(2)7-8-14-9-13(5)15(19(25)26-14)18(24)22-16(12(3)4)17-20-10-21-23(17)6/h9-12,16H,7-8H2,1-6H3,(H,22,24). The molecule has 1 N–H and O–H groups in total. The Balaban J connectivity index is 2.26. The van der Waals surface area contributed by atoms with Crippen molar-refractivity contribution in [3.05, 3.63) is 45.5 Å². The van der Waals surface area contributed by atoms with Crippen LogP contribution in [-0.4, -0.2) is 20.7 Å². The van der Waals surface area contributed by atoms with Crippen molar-refractivity contribution in [2.24, 2.45) is 18.9 Å². The summed E-state index contributed by atoms with van der Waals surface area (Å²) in [4.78, 5) is 29.4. The maximum absolute atomic E-state index is 12.8. The SMILES string of the molecule is Cc1cc(CCC(C)C)oc(=O)c1C(=O)NC(c1ncnn1C)C(C)C. The maximum atomic E-state index is 12.8. The Hall–Kier alpha value is -2.44. The lowest BCUT2D eigenvalue weighted by molar-refractivity contribution is 0.0917. The summed E-state index contributed by atoms with van der Waals surface area (Å²) in [6.45, 7) is 9.95. The molecule has 2 heterocycles.